The third-order valence-electron chi connectivity index (χ3n) is 6.18. The van der Waals surface area contributed by atoms with Crippen molar-refractivity contribution in [2.24, 2.45) is 0 Å². The molecule has 0 bridgehead atoms. The number of hydrogen-bond acceptors (Lipinski definition) is 5. The summed E-state index contributed by atoms with van der Waals surface area (Å²) in [7, 11) is 2.07. The Labute approximate surface area is 186 Å². The zero-order valence-electron chi connectivity index (χ0n) is 19.1. The Bertz CT molecular complexity index is 865. The SMILES string of the molecule is CC(C)Oc1ccc(N(C)CCC2(O)CCN(CCc3ccccc3C#N)CC2)cc1. The summed E-state index contributed by atoms with van der Waals surface area (Å²) in [6, 6.07) is 18.3. The van der Waals surface area contributed by atoms with Gasteiger partial charge in [-0.2, -0.15) is 5.26 Å². The van der Waals surface area contributed by atoms with Gasteiger partial charge >= 0.3 is 0 Å². The van der Waals surface area contributed by atoms with E-state index >= 15 is 0 Å². The first-order valence-corrected chi connectivity index (χ1v) is 11.3. The minimum absolute atomic E-state index is 0.171. The van der Waals surface area contributed by atoms with Gasteiger partial charge in [-0.15, -0.1) is 0 Å². The second-order valence-electron chi connectivity index (χ2n) is 8.92. The number of benzene rings is 2. The zero-order chi connectivity index (χ0) is 22.3. The highest BCUT2D eigenvalue weighted by Gasteiger charge is 2.32. The topological polar surface area (TPSA) is 59.7 Å². The van der Waals surface area contributed by atoms with Gasteiger partial charge in [-0.05, 0) is 75.4 Å². The zero-order valence-corrected chi connectivity index (χ0v) is 19.1. The third-order valence-corrected chi connectivity index (χ3v) is 6.18. The molecule has 1 aliphatic rings. The smallest absolute Gasteiger partial charge is 0.119 e. The molecule has 1 saturated heterocycles. The van der Waals surface area contributed by atoms with Gasteiger partial charge in [0.05, 0.1) is 23.3 Å². The van der Waals surface area contributed by atoms with Crippen molar-refractivity contribution in [3.05, 3.63) is 59.7 Å². The summed E-state index contributed by atoms with van der Waals surface area (Å²) in [5.41, 5.74) is 2.41. The molecule has 0 amide bonds. The van der Waals surface area contributed by atoms with Gasteiger partial charge in [0.2, 0.25) is 0 Å². The maximum absolute atomic E-state index is 11.1. The van der Waals surface area contributed by atoms with Crippen LogP contribution in [0, 0.1) is 11.3 Å². The van der Waals surface area contributed by atoms with Gasteiger partial charge in [0, 0.05) is 38.9 Å². The molecular formula is C26H35N3O2. The molecule has 5 nitrogen and oxygen atoms in total. The Balaban J connectivity index is 1.43. The maximum Gasteiger partial charge on any atom is 0.119 e. The molecule has 1 N–H and O–H groups in total. The Morgan fingerprint density at radius 3 is 2.45 bits per heavy atom. The lowest BCUT2D eigenvalue weighted by atomic mass is 9.88. The van der Waals surface area contributed by atoms with E-state index in [0.717, 1.165) is 74.4 Å². The first-order valence-electron chi connectivity index (χ1n) is 11.3. The fraction of sp³-hybridized carbons (Fsp3) is 0.500. The van der Waals surface area contributed by atoms with E-state index in [4.69, 9.17) is 4.74 Å². The van der Waals surface area contributed by atoms with Crippen LogP contribution >= 0.6 is 0 Å². The Kier molecular flexibility index (Phi) is 7.95. The van der Waals surface area contributed by atoms with E-state index in [1.807, 2.05) is 50.2 Å². The summed E-state index contributed by atoms with van der Waals surface area (Å²) in [6.45, 7) is 7.59. The Hall–Kier alpha value is -2.55. The van der Waals surface area contributed by atoms with Crippen LogP contribution in [0.1, 0.15) is 44.2 Å². The molecule has 0 spiro atoms. The normalized spacial score (nSPS) is 16.1. The first-order chi connectivity index (χ1) is 14.9. The van der Waals surface area contributed by atoms with Gasteiger partial charge in [-0.3, -0.25) is 0 Å². The molecule has 0 radical (unpaired) electrons. The predicted octanol–water partition coefficient (Wildman–Crippen LogP) is 4.24. The minimum atomic E-state index is -0.601. The van der Waals surface area contributed by atoms with Crippen molar-refractivity contribution in [3.8, 4) is 11.8 Å². The van der Waals surface area contributed by atoms with E-state index in [1.54, 1.807) is 0 Å². The molecular weight excluding hydrogens is 386 g/mol. The monoisotopic (exact) mass is 421 g/mol. The summed E-state index contributed by atoms with van der Waals surface area (Å²) < 4.78 is 5.71. The number of nitriles is 1. The average molecular weight is 422 g/mol. The van der Waals surface area contributed by atoms with Crippen LogP contribution in [-0.4, -0.2) is 54.9 Å². The number of ether oxygens (including phenoxy) is 1. The summed E-state index contributed by atoms with van der Waals surface area (Å²) in [4.78, 5) is 4.60. The van der Waals surface area contributed by atoms with Crippen molar-refractivity contribution in [1.29, 1.82) is 5.26 Å². The molecule has 3 rings (SSSR count). The van der Waals surface area contributed by atoms with E-state index < -0.39 is 5.60 Å². The van der Waals surface area contributed by atoms with E-state index in [-0.39, 0.29) is 6.10 Å². The highest BCUT2D eigenvalue weighted by molar-refractivity contribution is 5.48. The number of anilines is 1. The van der Waals surface area contributed by atoms with Crippen molar-refractivity contribution in [2.45, 2.75) is 51.2 Å². The number of likely N-dealkylation sites (tertiary alicyclic amines) is 1. The number of piperidine rings is 1. The third kappa shape index (κ3) is 6.72. The minimum Gasteiger partial charge on any atom is -0.491 e. The number of hydrogen-bond donors (Lipinski definition) is 1. The van der Waals surface area contributed by atoms with Crippen LogP contribution in [0.3, 0.4) is 0 Å². The Morgan fingerprint density at radius 1 is 1.13 bits per heavy atom. The number of nitrogens with zero attached hydrogens (tertiary/aromatic N) is 3. The van der Waals surface area contributed by atoms with Crippen molar-refractivity contribution in [3.63, 3.8) is 0 Å². The lowest BCUT2D eigenvalue weighted by molar-refractivity contribution is -0.0254. The van der Waals surface area contributed by atoms with Gasteiger partial charge < -0.3 is 19.6 Å². The second kappa shape index (κ2) is 10.7. The molecule has 0 aliphatic carbocycles. The van der Waals surface area contributed by atoms with E-state index in [0.29, 0.717) is 0 Å². The van der Waals surface area contributed by atoms with Gasteiger partial charge in [0.1, 0.15) is 5.75 Å². The molecule has 166 valence electrons. The molecule has 0 atom stereocenters. The van der Waals surface area contributed by atoms with Crippen LogP contribution in [0.2, 0.25) is 0 Å². The van der Waals surface area contributed by atoms with Crippen LogP contribution in [0.5, 0.6) is 5.75 Å². The lowest BCUT2D eigenvalue weighted by Gasteiger charge is -2.39. The molecule has 0 unspecified atom stereocenters. The second-order valence-corrected chi connectivity index (χ2v) is 8.92. The number of rotatable bonds is 9. The number of aliphatic hydroxyl groups is 1. The highest BCUT2D eigenvalue weighted by Crippen LogP contribution is 2.27. The van der Waals surface area contributed by atoms with E-state index in [1.165, 1.54) is 0 Å². The van der Waals surface area contributed by atoms with Crippen molar-refractivity contribution < 1.29 is 9.84 Å². The molecule has 31 heavy (non-hydrogen) atoms. The van der Waals surface area contributed by atoms with Crippen LogP contribution in [0.25, 0.3) is 0 Å². The van der Waals surface area contributed by atoms with Crippen LogP contribution in [0.15, 0.2) is 48.5 Å². The summed E-state index contributed by atoms with van der Waals surface area (Å²) >= 11 is 0. The Morgan fingerprint density at radius 2 is 1.81 bits per heavy atom. The molecule has 5 heteroatoms. The van der Waals surface area contributed by atoms with Gasteiger partial charge in [-0.1, -0.05) is 18.2 Å². The van der Waals surface area contributed by atoms with Gasteiger partial charge in [-0.25, -0.2) is 0 Å². The van der Waals surface area contributed by atoms with E-state index in [2.05, 4.69) is 35.0 Å². The molecule has 0 aromatic heterocycles. The summed E-state index contributed by atoms with van der Waals surface area (Å²) in [6.07, 6.45) is 3.40. The molecule has 1 heterocycles. The van der Waals surface area contributed by atoms with Gasteiger partial charge in [0.25, 0.3) is 0 Å². The molecule has 1 aliphatic heterocycles. The molecule has 2 aromatic carbocycles. The molecule has 0 saturated carbocycles. The van der Waals surface area contributed by atoms with Crippen molar-refractivity contribution >= 4 is 5.69 Å². The van der Waals surface area contributed by atoms with Crippen LogP contribution in [-0.2, 0) is 6.42 Å². The predicted molar refractivity (Wildman–Crippen MR) is 126 cm³/mol. The van der Waals surface area contributed by atoms with Crippen molar-refractivity contribution in [2.75, 3.05) is 38.1 Å². The quantitative estimate of drug-likeness (QED) is 0.656. The fourth-order valence-electron chi connectivity index (χ4n) is 4.13. The van der Waals surface area contributed by atoms with Crippen LogP contribution in [0.4, 0.5) is 5.69 Å². The largest absolute Gasteiger partial charge is 0.491 e. The average Bonchev–Trinajstić information content (AvgIpc) is 2.77. The molecule has 1 fully saturated rings. The van der Waals surface area contributed by atoms with Gasteiger partial charge in [0.15, 0.2) is 0 Å². The van der Waals surface area contributed by atoms with Crippen LogP contribution < -0.4 is 9.64 Å². The maximum atomic E-state index is 11.1. The fourth-order valence-corrected chi connectivity index (χ4v) is 4.13. The van der Waals surface area contributed by atoms with E-state index in [9.17, 15) is 10.4 Å². The summed E-state index contributed by atoms with van der Waals surface area (Å²) in [5.74, 6) is 0.885. The van der Waals surface area contributed by atoms with Crippen molar-refractivity contribution in [1.82, 2.24) is 4.90 Å². The summed E-state index contributed by atoms with van der Waals surface area (Å²) in [5, 5.41) is 20.3. The standard InChI is InChI=1S/C26H35N3O2/c1-21(2)31-25-10-8-24(9-11-25)28(3)17-13-26(30)14-18-29(19-15-26)16-12-22-6-4-5-7-23(22)20-27/h4-11,21,30H,12-19H2,1-3H3. The lowest BCUT2D eigenvalue weighted by Crippen LogP contribution is -2.46. The highest BCUT2D eigenvalue weighted by atomic mass is 16.5. The molecule has 2 aromatic rings. The first kappa shape index (κ1) is 23.1.